The second kappa shape index (κ2) is 4.13. The minimum absolute atomic E-state index is 0.637. The molecule has 0 fully saturated rings. The molecule has 0 radical (unpaired) electrons. The highest BCUT2D eigenvalue weighted by Gasteiger charge is 2.09. The van der Waals surface area contributed by atoms with Crippen LogP contribution in [0.1, 0.15) is 12.5 Å². The molecule has 1 aromatic heterocycles. The summed E-state index contributed by atoms with van der Waals surface area (Å²) < 4.78 is 5.54. The molecule has 4 nitrogen and oxygen atoms in total. The first kappa shape index (κ1) is 9.71. The Bertz CT molecular complexity index is 437. The van der Waals surface area contributed by atoms with Gasteiger partial charge in [0.25, 0.3) is 0 Å². The first-order valence-corrected chi connectivity index (χ1v) is 4.92. The number of para-hydroxylation sites is 1. The lowest BCUT2D eigenvalue weighted by atomic mass is 10.2. The molecular weight excluding hydrogens is 190 g/mol. The Kier molecular flexibility index (Phi) is 2.67. The van der Waals surface area contributed by atoms with Crippen molar-refractivity contribution in [2.24, 2.45) is 0 Å². The molecule has 0 bridgehead atoms. The molecule has 0 spiro atoms. The summed E-state index contributed by atoms with van der Waals surface area (Å²) in [7, 11) is 0. The van der Waals surface area contributed by atoms with Crippen LogP contribution >= 0.6 is 0 Å². The second-order valence-corrected chi connectivity index (χ2v) is 3.17. The van der Waals surface area contributed by atoms with Crippen LogP contribution in [0.5, 0.6) is 5.75 Å². The minimum atomic E-state index is 0.637. The normalized spacial score (nSPS) is 10.3. The highest BCUT2D eigenvalue weighted by Crippen LogP contribution is 2.24. The lowest BCUT2D eigenvalue weighted by molar-refractivity contribution is 0.337. The summed E-state index contributed by atoms with van der Waals surface area (Å²) in [5, 5.41) is 8.23. The van der Waals surface area contributed by atoms with E-state index in [2.05, 4.69) is 10.2 Å². The van der Waals surface area contributed by atoms with Gasteiger partial charge in [0, 0.05) is 0 Å². The maximum atomic E-state index is 5.54. The summed E-state index contributed by atoms with van der Waals surface area (Å²) in [6, 6.07) is 5.91. The third kappa shape index (κ3) is 1.83. The van der Waals surface area contributed by atoms with Crippen molar-refractivity contribution in [3.63, 3.8) is 0 Å². The molecule has 2 rings (SSSR count). The number of aryl methyl sites for hydroxylation is 1. The lowest BCUT2D eigenvalue weighted by Gasteiger charge is -2.11. The molecule has 0 atom stereocenters. The topological polar surface area (TPSA) is 39.9 Å². The van der Waals surface area contributed by atoms with Gasteiger partial charge in [-0.1, -0.05) is 12.1 Å². The highest BCUT2D eigenvalue weighted by molar-refractivity contribution is 5.50. The molecule has 0 aliphatic heterocycles. The van der Waals surface area contributed by atoms with Crippen molar-refractivity contribution in [3.05, 3.63) is 36.2 Å². The number of ether oxygens (including phenoxy) is 1. The Hall–Kier alpha value is -1.84. The van der Waals surface area contributed by atoms with Gasteiger partial charge >= 0.3 is 0 Å². The Balaban J connectivity index is 2.52. The fourth-order valence-corrected chi connectivity index (χ4v) is 1.49. The summed E-state index contributed by atoms with van der Waals surface area (Å²) in [5.74, 6) is 0.814. The lowest BCUT2D eigenvalue weighted by Crippen LogP contribution is -2.05. The van der Waals surface area contributed by atoms with E-state index in [0.29, 0.717) is 6.61 Å². The molecule has 0 aliphatic rings. The molecule has 0 N–H and O–H groups in total. The van der Waals surface area contributed by atoms with Gasteiger partial charge in [0.1, 0.15) is 11.4 Å². The van der Waals surface area contributed by atoms with Crippen LogP contribution in [-0.4, -0.2) is 21.6 Å². The van der Waals surface area contributed by atoms with E-state index in [1.54, 1.807) is 17.2 Å². The average Bonchev–Trinajstić information content (AvgIpc) is 2.71. The van der Waals surface area contributed by atoms with Gasteiger partial charge in [0.15, 0.2) is 0 Å². The zero-order chi connectivity index (χ0) is 10.7. The number of hydrogen-bond acceptors (Lipinski definition) is 3. The Labute approximate surface area is 88.5 Å². The van der Waals surface area contributed by atoms with Crippen molar-refractivity contribution in [3.8, 4) is 11.4 Å². The number of hydrogen-bond donors (Lipinski definition) is 0. The monoisotopic (exact) mass is 203 g/mol. The third-order valence-corrected chi connectivity index (χ3v) is 2.12. The zero-order valence-corrected chi connectivity index (χ0v) is 8.84. The summed E-state index contributed by atoms with van der Waals surface area (Å²) in [5.41, 5.74) is 2.00. The number of nitrogens with zero attached hydrogens (tertiary/aromatic N) is 3. The van der Waals surface area contributed by atoms with Gasteiger partial charge in [0.2, 0.25) is 0 Å². The summed E-state index contributed by atoms with van der Waals surface area (Å²) in [4.78, 5) is 1.58. The summed E-state index contributed by atoms with van der Waals surface area (Å²) in [6.45, 7) is 4.61. The largest absolute Gasteiger partial charge is 0.492 e. The molecular formula is C11H13N3O. The van der Waals surface area contributed by atoms with E-state index in [0.717, 1.165) is 17.0 Å². The number of aromatic nitrogens is 3. The third-order valence-electron chi connectivity index (χ3n) is 2.12. The number of benzene rings is 1. The second-order valence-electron chi connectivity index (χ2n) is 3.17. The highest BCUT2D eigenvalue weighted by atomic mass is 16.5. The Morgan fingerprint density at radius 2 is 2.00 bits per heavy atom. The van der Waals surface area contributed by atoms with E-state index in [1.165, 1.54) is 0 Å². The van der Waals surface area contributed by atoms with Crippen LogP contribution in [-0.2, 0) is 0 Å². The molecule has 0 unspecified atom stereocenters. The Morgan fingerprint density at radius 3 is 2.67 bits per heavy atom. The molecule has 0 aliphatic carbocycles. The molecule has 1 heterocycles. The van der Waals surface area contributed by atoms with Crippen LogP contribution in [0.2, 0.25) is 0 Å². The van der Waals surface area contributed by atoms with Crippen LogP contribution in [0.15, 0.2) is 30.6 Å². The van der Waals surface area contributed by atoms with E-state index < -0.39 is 0 Å². The number of rotatable bonds is 3. The van der Waals surface area contributed by atoms with E-state index in [-0.39, 0.29) is 0 Å². The van der Waals surface area contributed by atoms with Crippen LogP contribution in [0.25, 0.3) is 5.69 Å². The van der Waals surface area contributed by atoms with Gasteiger partial charge < -0.3 is 4.74 Å². The van der Waals surface area contributed by atoms with Crippen molar-refractivity contribution in [1.82, 2.24) is 15.0 Å². The maximum absolute atomic E-state index is 5.54. The fraction of sp³-hybridized carbons (Fsp3) is 0.273. The van der Waals surface area contributed by atoms with Crippen LogP contribution in [0.3, 0.4) is 0 Å². The SMILES string of the molecule is CCOc1cccc(C)c1-n1nccn1. The van der Waals surface area contributed by atoms with Crippen LogP contribution in [0, 0.1) is 6.92 Å². The fourth-order valence-electron chi connectivity index (χ4n) is 1.49. The van der Waals surface area contributed by atoms with Gasteiger partial charge in [-0.15, -0.1) is 4.80 Å². The first-order valence-electron chi connectivity index (χ1n) is 4.92. The van der Waals surface area contributed by atoms with Gasteiger partial charge in [-0.05, 0) is 25.5 Å². The Morgan fingerprint density at radius 1 is 1.27 bits per heavy atom. The van der Waals surface area contributed by atoms with E-state index in [9.17, 15) is 0 Å². The molecule has 0 saturated carbocycles. The van der Waals surface area contributed by atoms with Gasteiger partial charge in [0.05, 0.1) is 19.0 Å². The van der Waals surface area contributed by atoms with Crippen molar-refractivity contribution < 1.29 is 4.74 Å². The van der Waals surface area contributed by atoms with Gasteiger partial charge in [-0.25, -0.2) is 0 Å². The smallest absolute Gasteiger partial charge is 0.147 e. The predicted octanol–water partition coefficient (Wildman–Crippen LogP) is 1.97. The molecule has 0 amide bonds. The molecule has 15 heavy (non-hydrogen) atoms. The zero-order valence-electron chi connectivity index (χ0n) is 8.84. The van der Waals surface area contributed by atoms with E-state index in [1.807, 2.05) is 32.0 Å². The standard InChI is InChI=1S/C11H13N3O/c1-3-15-10-6-4-5-9(2)11(10)14-12-7-8-13-14/h4-8H,3H2,1-2H3. The van der Waals surface area contributed by atoms with Crippen LogP contribution in [0.4, 0.5) is 0 Å². The van der Waals surface area contributed by atoms with Crippen LogP contribution < -0.4 is 4.74 Å². The van der Waals surface area contributed by atoms with Crippen molar-refractivity contribution >= 4 is 0 Å². The molecule has 0 saturated heterocycles. The van der Waals surface area contributed by atoms with E-state index >= 15 is 0 Å². The maximum Gasteiger partial charge on any atom is 0.147 e. The van der Waals surface area contributed by atoms with Crippen molar-refractivity contribution in [1.29, 1.82) is 0 Å². The molecule has 2 aromatic rings. The quantitative estimate of drug-likeness (QED) is 0.765. The summed E-state index contributed by atoms with van der Waals surface area (Å²) in [6.07, 6.45) is 3.31. The first-order chi connectivity index (χ1) is 7.33. The van der Waals surface area contributed by atoms with Gasteiger partial charge in [-0.3, -0.25) is 0 Å². The minimum Gasteiger partial charge on any atom is -0.492 e. The molecule has 78 valence electrons. The summed E-state index contributed by atoms with van der Waals surface area (Å²) >= 11 is 0. The average molecular weight is 203 g/mol. The van der Waals surface area contributed by atoms with Crippen molar-refractivity contribution in [2.45, 2.75) is 13.8 Å². The molecule has 1 aromatic carbocycles. The predicted molar refractivity (Wildman–Crippen MR) is 57.3 cm³/mol. The van der Waals surface area contributed by atoms with Gasteiger partial charge in [-0.2, -0.15) is 10.2 Å². The molecule has 4 heteroatoms. The van der Waals surface area contributed by atoms with E-state index in [4.69, 9.17) is 4.74 Å². The van der Waals surface area contributed by atoms with Crippen molar-refractivity contribution in [2.75, 3.05) is 6.61 Å².